The normalized spacial score (nSPS) is 24.4. The molecule has 9 heteroatoms. The van der Waals surface area contributed by atoms with Crippen LogP contribution in [-0.4, -0.2) is 74.7 Å². The van der Waals surface area contributed by atoms with Crippen LogP contribution in [0.25, 0.3) is 0 Å². The van der Waals surface area contributed by atoms with Crippen molar-refractivity contribution in [3.05, 3.63) is 11.9 Å². The molecule has 0 saturated carbocycles. The third kappa shape index (κ3) is 9.32. The van der Waals surface area contributed by atoms with Crippen LogP contribution >= 0.6 is 0 Å². The quantitative estimate of drug-likeness (QED) is 0.206. The average Bonchev–Trinajstić information content (AvgIpc) is 3.15. The lowest BCUT2D eigenvalue weighted by Crippen LogP contribution is -2.57. The van der Waals surface area contributed by atoms with Crippen LogP contribution in [0.3, 0.4) is 0 Å². The van der Waals surface area contributed by atoms with E-state index in [9.17, 15) is 24.9 Å². The zero-order chi connectivity index (χ0) is 26.3. The Morgan fingerprint density at radius 1 is 0.917 bits per heavy atom. The molecular formula is C27H49N3O6. The van der Waals surface area contributed by atoms with E-state index in [0.717, 1.165) is 29.1 Å². The number of imide groups is 1. The van der Waals surface area contributed by atoms with E-state index in [1.54, 1.807) is 0 Å². The Balaban J connectivity index is 1.58. The van der Waals surface area contributed by atoms with Crippen LogP contribution in [0, 0.1) is 0 Å². The Labute approximate surface area is 216 Å². The molecule has 2 heterocycles. The first kappa shape index (κ1) is 30.5. The Morgan fingerprint density at radius 2 is 1.42 bits per heavy atom. The second kappa shape index (κ2) is 16.9. The van der Waals surface area contributed by atoms with Gasteiger partial charge in [0, 0.05) is 13.0 Å². The van der Waals surface area contributed by atoms with Crippen LogP contribution < -0.4 is 5.73 Å². The summed E-state index contributed by atoms with van der Waals surface area (Å²) < 4.78 is 5.45. The molecule has 0 bridgehead atoms. The average molecular weight is 512 g/mol. The van der Waals surface area contributed by atoms with Gasteiger partial charge in [-0.25, -0.2) is 9.69 Å². The monoisotopic (exact) mass is 511 g/mol. The number of urea groups is 1. The molecule has 1 fully saturated rings. The summed E-state index contributed by atoms with van der Waals surface area (Å²) in [4.78, 5) is 27.8. The molecule has 0 radical (unpaired) electrons. The van der Waals surface area contributed by atoms with Gasteiger partial charge in [0.05, 0.1) is 6.61 Å². The molecule has 1 saturated heterocycles. The maximum absolute atomic E-state index is 12.9. The molecule has 0 aromatic heterocycles. The molecule has 2 aliphatic rings. The minimum atomic E-state index is -1.38. The molecule has 9 nitrogen and oxygen atoms in total. The summed E-state index contributed by atoms with van der Waals surface area (Å²) in [6.45, 7) is 1.80. The Hall–Kier alpha value is -1.68. The van der Waals surface area contributed by atoms with Gasteiger partial charge in [0.25, 0.3) is 0 Å². The van der Waals surface area contributed by atoms with Gasteiger partial charge in [0.2, 0.25) is 5.91 Å². The highest BCUT2D eigenvalue weighted by molar-refractivity contribution is 5.97. The second-order valence-electron chi connectivity index (χ2n) is 10.2. The molecule has 2 aliphatic heterocycles. The second-order valence-corrected chi connectivity index (χ2v) is 10.2. The van der Waals surface area contributed by atoms with Crippen molar-refractivity contribution in [2.45, 2.75) is 134 Å². The Morgan fingerprint density at radius 3 is 1.89 bits per heavy atom. The number of aliphatic hydroxyl groups is 3. The Bertz CT molecular complexity index is 688. The van der Waals surface area contributed by atoms with E-state index in [-0.39, 0.29) is 24.7 Å². The standard InChI is InChI=1S/C27H49N3O6/c1-2-3-4-5-6-7-8-9-10-11-12-13-14-15-16-17-23(32)30-22(28)18-19-29(27(30)35)26-25(34)24(33)21(20-31)36-26/h18,21,24-26,31,33-34H,2-17,19-20,28H2,1H3/t21-,24-,25+,26-/m1/s1. The third-order valence-electron chi connectivity index (χ3n) is 7.26. The van der Waals surface area contributed by atoms with Crippen LogP contribution in [0.15, 0.2) is 11.9 Å². The van der Waals surface area contributed by atoms with Gasteiger partial charge in [-0.3, -0.25) is 9.69 Å². The number of amides is 3. The summed E-state index contributed by atoms with van der Waals surface area (Å²) in [6.07, 6.45) is 15.4. The lowest BCUT2D eigenvalue weighted by Gasteiger charge is -2.37. The van der Waals surface area contributed by atoms with Crippen molar-refractivity contribution < 1.29 is 29.6 Å². The number of aliphatic hydroxyl groups excluding tert-OH is 3. The molecule has 0 aromatic carbocycles. The molecule has 36 heavy (non-hydrogen) atoms. The van der Waals surface area contributed by atoms with E-state index in [1.807, 2.05) is 0 Å². The summed E-state index contributed by atoms with van der Waals surface area (Å²) in [5.74, 6) is -0.325. The highest BCUT2D eigenvalue weighted by Crippen LogP contribution is 2.27. The van der Waals surface area contributed by atoms with Crippen LogP contribution in [0.4, 0.5) is 4.79 Å². The molecule has 4 atom stereocenters. The van der Waals surface area contributed by atoms with E-state index in [1.165, 1.54) is 76.7 Å². The lowest BCUT2D eigenvalue weighted by atomic mass is 10.0. The first-order valence-electron chi connectivity index (χ1n) is 14.1. The topological polar surface area (TPSA) is 137 Å². The summed E-state index contributed by atoms with van der Waals surface area (Å²) in [7, 11) is 0. The zero-order valence-corrected chi connectivity index (χ0v) is 22.2. The summed E-state index contributed by atoms with van der Waals surface area (Å²) >= 11 is 0. The minimum Gasteiger partial charge on any atom is -0.394 e. The molecule has 3 amide bonds. The van der Waals surface area contributed by atoms with E-state index in [2.05, 4.69) is 6.92 Å². The maximum atomic E-state index is 12.9. The number of rotatable bonds is 18. The molecule has 208 valence electrons. The first-order valence-corrected chi connectivity index (χ1v) is 14.1. The van der Waals surface area contributed by atoms with Crippen molar-refractivity contribution in [2.75, 3.05) is 13.2 Å². The van der Waals surface area contributed by atoms with Crippen molar-refractivity contribution in [2.24, 2.45) is 5.73 Å². The largest absolute Gasteiger partial charge is 0.394 e. The SMILES string of the molecule is CCCCCCCCCCCCCCCCCC(=O)N1C(=O)N([C@@H]2O[C@H](CO)[C@@H](O)[C@@H]2O)CC=C1N. The van der Waals surface area contributed by atoms with Crippen molar-refractivity contribution >= 4 is 11.9 Å². The number of nitrogens with two attached hydrogens (primary N) is 1. The molecule has 2 rings (SSSR count). The van der Waals surface area contributed by atoms with E-state index < -0.39 is 37.2 Å². The third-order valence-corrected chi connectivity index (χ3v) is 7.26. The molecule has 5 N–H and O–H groups in total. The molecule has 0 unspecified atom stereocenters. The van der Waals surface area contributed by atoms with Gasteiger partial charge < -0.3 is 25.8 Å². The van der Waals surface area contributed by atoms with E-state index >= 15 is 0 Å². The van der Waals surface area contributed by atoms with Gasteiger partial charge >= 0.3 is 6.03 Å². The summed E-state index contributed by atoms with van der Waals surface area (Å²) in [6, 6.07) is -0.684. The summed E-state index contributed by atoms with van der Waals surface area (Å²) in [5, 5.41) is 29.5. The highest BCUT2D eigenvalue weighted by Gasteiger charge is 2.48. The molecular weight excluding hydrogens is 462 g/mol. The predicted molar refractivity (Wildman–Crippen MR) is 139 cm³/mol. The number of hydrogen-bond donors (Lipinski definition) is 4. The van der Waals surface area contributed by atoms with E-state index in [0.29, 0.717) is 6.42 Å². The molecule has 0 spiro atoms. The molecule has 0 aliphatic carbocycles. The van der Waals surface area contributed by atoms with Crippen molar-refractivity contribution in [1.82, 2.24) is 9.80 Å². The number of carbonyl (C=O) groups excluding carboxylic acids is 2. The fourth-order valence-electron chi connectivity index (χ4n) is 4.96. The fraction of sp³-hybridized carbons (Fsp3) is 0.852. The number of nitrogens with zero attached hydrogens (tertiary/aromatic N) is 2. The van der Waals surface area contributed by atoms with Crippen molar-refractivity contribution in [3.8, 4) is 0 Å². The van der Waals surface area contributed by atoms with Gasteiger partial charge in [0.15, 0.2) is 6.23 Å². The van der Waals surface area contributed by atoms with Crippen LogP contribution in [0.5, 0.6) is 0 Å². The number of carbonyl (C=O) groups is 2. The van der Waals surface area contributed by atoms with Crippen LogP contribution in [-0.2, 0) is 9.53 Å². The van der Waals surface area contributed by atoms with Gasteiger partial charge in [-0.2, -0.15) is 0 Å². The smallest absolute Gasteiger partial charge is 0.334 e. The number of ether oxygens (including phenoxy) is 1. The van der Waals surface area contributed by atoms with Gasteiger partial charge in [-0.1, -0.05) is 96.8 Å². The maximum Gasteiger partial charge on any atom is 0.334 e. The predicted octanol–water partition coefficient (Wildman–Crippen LogP) is 3.75. The highest BCUT2D eigenvalue weighted by atomic mass is 16.6. The van der Waals surface area contributed by atoms with Crippen LogP contribution in [0.2, 0.25) is 0 Å². The Kier molecular flexibility index (Phi) is 14.4. The van der Waals surface area contributed by atoms with Crippen molar-refractivity contribution in [1.29, 1.82) is 0 Å². The van der Waals surface area contributed by atoms with Gasteiger partial charge in [0.1, 0.15) is 24.1 Å². The fourth-order valence-corrected chi connectivity index (χ4v) is 4.96. The number of unbranched alkanes of at least 4 members (excludes halogenated alkanes) is 14. The molecule has 0 aromatic rings. The first-order chi connectivity index (χ1) is 17.4. The van der Waals surface area contributed by atoms with Crippen molar-refractivity contribution in [3.63, 3.8) is 0 Å². The van der Waals surface area contributed by atoms with Gasteiger partial charge in [-0.15, -0.1) is 0 Å². The lowest BCUT2D eigenvalue weighted by molar-refractivity contribution is -0.129. The van der Waals surface area contributed by atoms with Crippen LogP contribution in [0.1, 0.15) is 110 Å². The minimum absolute atomic E-state index is 0.0417. The summed E-state index contributed by atoms with van der Waals surface area (Å²) in [5.41, 5.74) is 5.93. The van der Waals surface area contributed by atoms with E-state index in [4.69, 9.17) is 10.5 Å². The van der Waals surface area contributed by atoms with Gasteiger partial charge in [-0.05, 0) is 12.5 Å². The zero-order valence-electron chi connectivity index (χ0n) is 22.2. The number of hydrogen-bond acceptors (Lipinski definition) is 7.